The Morgan fingerprint density at radius 3 is 2.44 bits per heavy atom. The van der Waals surface area contributed by atoms with Crippen LogP contribution in [0.5, 0.6) is 5.75 Å². The molecule has 2 N–H and O–H groups in total. The minimum absolute atomic E-state index is 0.0938. The first-order valence-electron chi connectivity index (χ1n) is 7.87. The van der Waals surface area contributed by atoms with Gasteiger partial charge >= 0.3 is 0 Å². The summed E-state index contributed by atoms with van der Waals surface area (Å²) in [5, 5.41) is 14.4. The molecule has 1 atom stereocenters. The highest BCUT2D eigenvalue weighted by molar-refractivity contribution is 5.79. The van der Waals surface area contributed by atoms with Gasteiger partial charge in [0.1, 0.15) is 23.8 Å². The number of carbonyl (C=O) groups excluding carboxylic acids is 1. The topological polar surface area (TPSA) is 85.9 Å². The molecule has 0 saturated carbocycles. The van der Waals surface area contributed by atoms with Crippen LogP contribution in [0.3, 0.4) is 0 Å². The van der Waals surface area contributed by atoms with Crippen molar-refractivity contribution in [3.8, 4) is 5.75 Å². The Hall–Kier alpha value is -2.93. The molecule has 0 aliphatic rings. The number of nitro benzene ring substituents is 1. The zero-order chi connectivity index (χ0) is 18.4. The van der Waals surface area contributed by atoms with E-state index < -0.39 is 4.92 Å². The summed E-state index contributed by atoms with van der Waals surface area (Å²) >= 11 is 0. The molecule has 2 aromatic carbocycles. The van der Waals surface area contributed by atoms with Gasteiger partial charge in [-0.1, -0.05) is 0 Å². The van der Waals surface area contributed by atoms with Crippen molar-refractivity contribution in [2.45, 2.75) is 6.04 Å². The number of anilines is 1. The zero-order valence-corrected chi connectivity index (χ0v) is 14.5. The first-order valence-corrected chi connectivity index (χ1v) is 7.87. The maximum atomic E-state index is 11.2. The summed E-state index contributed by atoms with van der Waals surface area (Å²) < 4.78 is 5.18. The van der Waals surface area contributed by atoms with Gasteiger partial charge in [0, 0.05) is 17.2 Å². The van der Waals surface area contributed by atoms with E-state index in [4.69, 9.17) is 4.74 Å². The molecule has 0 bridgehead atoms. The summed E-state index contributed by atoms with van der Waals surface area (Å²) in [7, 11) is 5.67. The summed E-state index contributed by atoms with van der Waals surface area (Å²) in [4.78, 5) is 22.8. The van der Waals surface area contributed by atoms with Gasteiger partial charge in [0.2, 0.25) is 0 Å². The van der Waals surface area contributed by atoms with Crippen molar-refractivity contribution in [3.05, 3.63) is 63.7 Å². The smallest absolute Gasteiger partial charge is 0.293 e. The number of carbonyl (C=O) groups is 1. The summed E-state index contributed by atoms with van der Waals surface area (Å²) in [6.45, 7) is 0.510. The Labute approximate surface area is 146 Å². The van der Waals surface area contributed by atoms with Gasteiger partial charge in [0.15, 0.2) is 0 Å². The van der Waals surface area contributed by atoms with Gasteiger partial charge in [-0.2, -0.15) is 0 Å². The fraction of sp³-hybridized carbons (Fsp3) is 0.278. The monoisotopic (exact) mass is 344 g/mol. The van der Waals surface area contributed by atoms with Gasteiger partial charge in [0.25, 0.3) is 5.69 Å². The number of nitrogens with zero attached hydrogens (tertiary/aromatic N) is 1. The number of rotatable bonds is 8. The molecule has 0 radical (unpaired) electrons. The quantitative estimate of drug-likeness (QED) is 0.433. The minimum atomic E-state index is -0.486. The first-order chi connectivity index (χ1) is 12.0. The SMILES string of the molecule is COc1ccc([C@H](CNc2ccc(C=O)cc2[N+](=O)[O-])[NH+](C)C)cc1. The van der Waals surface area contributed by atoms with E-state index in [-0.39, 0.29) is 17.3 Å². The number of nitro groups is 1. The number of quaternary nitrogens is 1. The van der Waals surface area contributed by atoms with Crippen molar-refractivity contribution in [3.63, 3.8) is 0 Å². The lowest BCUT2D eigenvalue weighted by molar-refractivity contribution is -0.890. The van der Waals surface area contributed by atoms with Crippen molar-refractivity contribution < 1.29 is 19.4 Å². The molecule has 2 aromatic rings. The molecular weight excluding hydrogens is 322 g/mol. The molecule has 7 heteroatoms. The summed E-state index contributed by atoms with van der Waals surface area (Å²) in [5.41, 5.74) is 1.67. The van der Waals surface area contributed by atoms with Gasteiger partial charge < -0.3 is 15.0 Å². The number of benzene rings is 2. The Bertz CT molecular complexity index is 744. The molecule has 0 fully saturated rings. The maximum Gasteiger partial charge on any atom is 0.293 e. The number of aldehydes is 1. The average Bonchev–Trinajstić information content (AvgIpc) is 2.62. The zero-order valence-electron chi connectivity index (χ0n) is 14.5. The highest BCUT2D eigenvalue weighted by atomic mass is 16.6. The third-order valence-electron chi connectivity index (χ3n) is 4.07. The molecule has 0 saturated heterocycles. The number of methoxy groups -OCH3 is 1. The lowest BCUT2D eigenvalue weighted by Gasteiger charge is -2.23. The lowest BCUT2D eigenvalue weighted by atomic mass is 10.1. The molecule has 132 valence electrons. The van der Waals surface area contributed by atoms with Crippen molar-refractivity contribution >= 4 is 17.7 Å². The van der Waals surface area contributed by atoms with E-state index in [0.29, 0.717) is 18.5 Å². The van der Waals surface area contributed by atoms with E-state index in [9.17, 15) is 14.9 Å². The lowest BCUT2D eigenvalue weighted by Crippen LogP contribution is -3.06. The second kappa shape index (κ2) is 8.25. The Morgan fingerprint density at radius 2 is 1.92 bits per heavy atom. The van der Waals surface area contributed by atoms with Gasteiger partial charge in [-0.25, -0.2) is 0 Å². The van der Waals surface area contributed by atoms with Crippen molar-refractivity contribution in [1.82, 2.24) is 0 Å². The van der Waals surface area contributed by atoms with Crippen LogP contribution in [-0.4, -0.2) is 39.0 Å². The number of ether oxygens (including phenoxy) is 1. The molecule has 0 aromatic heterocycles. The van der Waals surface area contributed by atoms with Gasteiger partial charge in [-0.05, 0) is 36.4 Å². The molecule has 0 unspecified atom stereocenters. The van der Waals surface area contributed by atoms with Crippen LogP contribution in [0.15, 0.2) is 42.5 Å². The first kappa shape index (κ1) is 18.4. The molecule has 25 heavy (non-hydrogen) atoms. The number of hydrogen-bond donors (Lipinski definition) is 2. The van der Waals surface area contributed by atoms with Crippen LogP contribution in [0.2, 0.25) is 0 Å². The molecule has 0 heterocycles. The van der Waals surface area contributed by atoms with Crippen LogP contribution in [0.25, 0.3) is 0 Å². The summed E-state index contributed by atoms with van der Waals surface area (Å²) in [6, 6.07) is 12.3. The van der Waals surface area contributed by atoms with E-state index in [2.05, 4.69) is 5.32 Å². The van der Waals surface area contributed by atoms with E-state index in [0.717, 1.165) is 11.3 Å². The second-order valence-corrected chi connectivity index (χ2v) is 5.94. The Balaban J connectivity index is 2.21. The number of likely N-dealkylation sites (N-methyl/N-ethyl adjacent to an activating group) is 1. The average molecular weight is 344 g/mol. The van der Waals surface area contributed by atoms with Gasteiger partial charge in [-0.15, -0.1) is 0 Å². The number of hydrogen-bond acceptors (Lipinski definition) is 5. The largest absolute Gasteiger partial charge is 0.497 e. The molecule has 7 nitrogen and oxygen atoms in total. The van der Waals surface area contributed by atoms with E-state index in [1.54, 1.807) is 19.2 Å². The van der Waals surface area contributed by atoms with Gasteiger partial charge in [-0.3, -0.25) is 14.9 Å². The number of nitrogens with one attached hydrogen (secondary N) is 2. The molecule has 2 rings (SSSR count). The predicted octanol–water partition coefficient (Wildman–Crippen LogP) is 1.71. The molecule has 0 spiro atoms. The highest BCUT2D eigenvalue weighted by Gasteiger charge is 2.20. The standard InChI is InChI=1S/C18H21N3O4/c1-20(2)18(14-5-7-15(25-3)8-6-14)11-19-16-9-4-13(12-22)10-17(16)21(23)24/h4-10,12,18-19H,11H2,1-3H3/p+1/t18-/m0/s1. The third kappa shape index (κ3) is 4.54. The molecular formula is C18H22N3O4+. The summed E-state index contributed by atoms with van der Waals surface area (Å²) in [6.07, 6.45) is 0.598. The normalized spacial score (nSPS) is 11.8. The van der Waals surface area contributed by atoms with Crippen LogP contribution in [0.4, 0.5) is 11.4 Å². The molecule has 0 aliphatic heterocycles. The van der Waals surface area contributed by atoms with Crippen molar-refractivity contribution in [2.24, 2.45) is 0 Å². The Morgan fingerprint density at radius 1 is 1.24 bits per heavy atom. The molecule has 0 aliphatic carbocycles. The molecule has 0 amide bonds. The van der Waals surface area contributed by atoms with Crippen LogP contribution in [0, 0.1) is 10.1 Å². The predicted molar refractivity (Wildman–Crippen MR) is 95.5 cm³/mol. The van der Waals surface area contributed by atoms with E-state index in [1.807, 2.05) is 38.4 Å². The van der Waals surface area contributed by atoms with Crippen LogP contribution in [-0.2, 0) is 0 Å². The third-order valence-corrected chi connectivity index (χ3v) is 4.07. The van der Waals surface area contributed by atoms with E-state index in [1.165, 1.54) is 11.0 Å². The maximum absolute atomic E-state index is 11.2. The van der Waals surface area contributed by atoms with Gasteiger partial charge in [0.05, 0.1) is 32.7 Å². The second-order valence-electron chi connectivity index (χ2n) is 5.94. The van der Waals surface area contributed by atoms with Crippen LogP contribution >= 0.6 is 0 Å². The highest BCUT2D eigenvalue weighted by Crippen LogP contribution is 2.26. The fourth-order valence-electron chi connectivity index (χ4n) is 2.63. The van der Waals surface area contributed by atoms with E-state index >= 15 is 0 Å². The minimum Gasteiger partial charge on any atom is -0.497 e. The van der Waals surface area contributed by atoms with Crippen LogP contribution in [0.1, 0.15) is 22.0 Å². The summed E-state index contributed by atoms with van der Waals surface area (Å²) in [5.74, 6) is 0.782. The van der Waals surface area contributed by atoms with Crippen molar-refractivity contribution in [1.29, 1.82) is 0 Å². The Kier molecular flexibility index (Phi) is 6.08. The van der Waals surface area contributed by atoms with Crippen LogP contribution < -0.4 is 15.0 Å². The van der Waals surface area contributed by atoms with Crippen molar-refractivity contribution in [2.75, 3.05) is 33.1 Å². The fourth-order valence-corrected chi connectivity index (χ4v) is 2.63.